The Morgan fingerprint density at radius 2 is 2.00 bits per heavy atom. The van der Waals surface area contributed by atoms with Crippen LogP contribution in [0.2, 0.25) is 0 Å². The van der Waals surface area contributed by atoms with E-state index in [0.29, 0.717) is 11.7 Å². The highest BCUT2D eigenvalue weighted by Gasteiger charge is 2.26. The average molecular weight is 283 g/mol. The van der Waals surface area contributed by atoms with Crippen molar-refractivity contribution in [3.8, 4) is 0 Å². The molecule has 1 aromatic rings. The van der Waals surface area contributed by atoms with Crippen LogP contribution in [0.15, 0.2) is 18.2 Å². The molecule has 0 heterocycles. The maximum absolute atomic E-state index is 12.6. The lowest BCUT2D eigenvalue weighted by Crippen LogP contribution is -2.39. The second-order valence-electron chi connectivity index (χ2n) is 5.10. The van der Waals surface area contributed by atoms with Gasteiger partial charge in [0, 0.05) is 23.8 Å². The Morgan fingerprint density at radius 1 is 1.37 bits per heavy atom. The van der Waals surface area contributed by atoms with Crippen LogP contribution in [0.3, 0.4) is 0 Å². The van der Waals surface area contributed by atoms with Crippen LogP contribution in [-0.4, -0.2) is 23.4 Å². The summed E-state index contributed by atoms with van der Waals surface area (Å²) in [5.41, 5.74) is 8.21. The number of rotatable bonds is 3. The highest BCUT2D eigenvalue weighted by Crippen LogP contribution is 2.25. The van der Waals surface area contributed by atoms with Gasteiger partial charge in [-0.1, -0.05) is 18.9 Å². The van der Waals surface area contributed by atoms with Crippen LogP contribution in [-0.2, 0) is 0 Å². The molecule has 0 aliphatic heterocycles. The van der Waals surface area contributed by atoms with Gasteiger partial charge in [-0.2, -0.15) is 0 Å². The van der Waals surface area contributed by atoms with Gasteiger partial charge in [-0.3, -0.25) is 4.79 Å². The molecule has 3 nitrogen and oxygen atoms in total. The Hall–Kier alpha value is -1.22. The van der Waals surface area contributed by atoms with Crippen molar-refractivity contribution in [2.24, 2.45) is 0 Å². The number of anilines is 1. The van der Waals surface area contributed by atoms with Crippen molar-refractivity contribution in [1.29, 1.82) is 0 Å². The van der Waals surface area contributed by atoms with E-state index in [9.17, 15) is 4.79 Å². The summed E-state index contributed by atoms with van der Waals surface area (Å²) in [7, 11) is 0. The Kier molecular flexibility index (Phi) is 5.67. The number of nitrogen functional groups attached to an aromatic ring is 1. The van der Waals surface area contributed by atoms with Gasteiger partial charge in [0.2, 0.25) is 0 Å². The van der Waals surface area contributed by atoms with Crippen molar-refractivity contribution in [1.82, 2.24) is 4.90 Å². The Bertz CT molecular complexity index is 442. The molecule has 1 fully saturated rings. The van der Waals surface area contributed by atoms with E-state index in [-0.39, 0.29) is 18.3 Å². The van der Waals surface area contributed by atoms with Gasteiger partial charge in [0.05, 0.1) is 0 Å². The largest absolute Gasteiger partial charge is 0.399 e. The second kappa shape index (κ2) is 6.80. The predicted octanol–water partition coefficient (Wildman–Crippen LogP) is 3.40. The lowest BCUT2D eigenvalue weighted by molar-refractivity contribution is 0.0693. The third-order valence-electron chi connectivity index (χ3n) is 3.86. The van der Waals surface area contributed by atoms with E-state index in [0.717, 1.165) is 30.5 Å². The van der Waals surface area contributed by atoms with Gasteiger partial charge < -0.3 is 10.6 Å². The molecule has 0 spiro atoms. The summed E-state index contributed by atoms with van der Waals surface area (Å²) in [4.78, 5) is 14.6. The van der Waals surface area contributed by atoms with E-state index < -0.39 is 0 Å². The fraction of sp³-hybridized carbons (Fsp3) is 0.533. The number of nitrogens with zero attached hydrogens (tertiary/aromatic N) is 1. The normalized spacial score (nSPS) is 15.1. The molecule has 1 aliphatic rings. The van der Waals surface area contributed by atoms with E-state index >= 15 is 0 Å². The fourth-order valence-corrected chi connectivity index (χ4v) is 2.81. The molecular weight excluding hydrogens is 260 g/mol. The number of amides is 1. The molecule has 2 N–H and O–H groups in total. The first kappa shape index (κ1) is 15.8. The highest BCUT2D eigenvalue weighted by molar-refractivity contribution is 5.96. The van der Waals surface area contributed by atoms with Gasteiger partial charge in [-0.05, 0) is 44.4 Å². The standard InChI is InChI=1S/C15H22N2O.ClH/c1-3-17(13-6-4-5-7-13)15(18)14-10-12(16)9-8-11(14)2;/h8-10,13H,3-7,16H2,1-2H3;1H. The average Bonchev–Trinajstić information content (AvgIpc) is 2.87. The summed E-state index contributed by atoms with van der Waals surface area (Å²) in [5.74, 6) is 0.134. The number of benzene rings is 1. The Morgan fingerprint density at radius 3 is 2.58 bits per heavy atom. The molecule has 106 valence electrons. The van der Waals surface area contributed by atoms with Crippen LogP contribution in [0.4, 0.5) is 5.69 Å². The van der Waals surface area contributed by atoms with Crippen LogP contribution in [0, 0.1) is 6.92 Å². The SMILES string of the molecule is CCN(C(=O)c1cc(N)ccc1C)C1CCCC1.Cl. The zero-order chi connectivity index (χ0) is 13.1. The second-order valence-corrected chi connectivity index (χ2v) is 5.10. The van der Waals surface area contributed by atoms with E-state index in [1.54, 1.807) is 6.07 Å². The molecule has 0 radical (unpaired) electrons. The summed E-state index contributed by atoms with van der Waals surface area (Å²) >= 11 is 0. The van der Waals surface area contributed by atoms with E-state index in [4.69, 9.17) is 5.73 Å². The fourth-order valence-electron chi connectivity index (χ4n) is 2.81. The number of halogens is 1. The number of carbonyl (C=O) groups excluding carboxylic acids is 1. The van der Waals surface area contributed by atoms with E-state index in [2.05, 4.69) is 6.92 Å². The number of hydrogen-bond donors (Lipinski definition) is 1. The molecule has 1 saturated carbocycles. The number of nitrogens with two attached hydrogens (primary N) is 1. The third-order valence-corrected chi connectivity index (χ3v) is 3.86. The number of aryl methyl sites for hydroxylation is 1. The minimum Gasteiger partial charge on any atom is -0.399 e. The van der Waals surface area contributed by atoms with Gasteiger partial charge >= 0.3 is 0 Å². The van der Waals surface area contributed by atoms with Gasteiger partial charge in [-0.15, -0.1) is 12.4 Å². The number of carbonyl (C=O) groups is 1. The molecule has 0 unspecified atom stereocenters. The van der Waals surface area contributed by atoms with Crippen molar-refractivity contribution in [3.63, 3.8) is 0 Å². The van der Waals surface area contributed by atoms with Crippen molar-refractivity contribution >= 4 is 24.0 Å². The topological polar surface area (TPSA) is 46.3 Å². The van der Waals surface area contributed by atoms with E-state index in [1.807, 2.05) is 24.0 Å². The van der Waals surface area contributed by atoms with Crippen molar-refractivity contribution in [2.45, 2.75) is 45.6 Å². The minimum absolute atomic E-state index is 0. The maximum Gasteiger partial charge on any atom is 0.254 e. The quantitative estimate of drug-likeness (QED) is 0.864. The highest BCUT2D eigenvalue weighted by atomic mass is 35.5. The van der Waals surface area contributed by atoms with Gasteiger partial charge in [0.1, 0.15) is 0 Å². The molecule has 2 rings (SSSR count). The van der Waals surface area contributed by atoms with Crippen LogP contribution >= 0.6 is 12.4 Å². The van der Waals surface area contributed by atoms with Crippen molar-refractivity contribution in [3.05, 3.63) is 29.3 Å². The van der Waals surface area contributed by atoms with Gasteiger partial charge in [0.25, 0.3) is 5.91 Å². The monoisotopic (exact) mass is 282 g/mol. The van der Waals surface area contributed by atoms with Crippen LogP contribution in [0.25, 0.3) is 0 Å². The smallest absolute Gasteiger partial charge is 0.254 e. The first-order valence-electron chi connectivity index (χ1n) is 6.80. The maximum atomic E-state index is 12.6. The molecule has 1 aromatic carbocycles. The number of hydrogen-bond acceptors (Lipinski definition) is 2. The Labute approximate surface area is 121 Å². The summed E-state index contributed by atoms with van der Waals surface area (Å²) < 4.78 is 0. The molecule has 0 saturated heterocycles. The van der Waals surface area contributed by atoms with Gasteiger partial charge in [0.15, 0.2) is 0 Å². The van der Waals surface area contributed by atoms with Crippen molar-refractivity contribution < 1.29 is 4.79 Å². The molecular formula is C15H23ClN2O. The first-order chi connectivity index (χ1) is 8.63. The summed E-state index contributed by atoms with van der Waals surface area (Å²) in [6.07, 6.45) is 4.76. The molecule has 4 heteroatoms. The summed E-state index contributed by atoms with van der Waals surface area (Å²) in [6, 6.07) is 5.99. The zero-order valence-electron chi connectivity index (χ0n) is 11.7. The summed E-state index contributed by atoms with van der Waals surface area (Å²) in [5, 5.41) is 0. The van der Waals surface area contributed by atoms with Crippen molar-refractivity contribution in [2.75, 3.05) is 12.3 Å². The lowest BCUT2D eigenvalue weighted by Gasteiger charge is -2.28. The van der Waals surface area contributed by atoms with Gasteiger partial charge in [-0.25, -0.2) is 0 Å². The molecule has 19 heavy (non-hydrogen) atoms. The Balaban J connectivity index is 0.00000180. The third kappa shape index (κ3) is 3.41. The van der Waals surface area contributed by atoms with Crippen LogP contribution < -0.4 is 5.73 Å². The molecule has 0 atom stereocenters. The molecule has 1 amide bonds. The summed E-state index contributed by atoms with van der Waals surface area (Å²) in [6.45, 7) is 4.80. The zero-order valence-corrected chi connectivity index (χ0v) is 12.5. The molecule has 1 aliphatic carbocycles. The van der Waals surface area contributed by atoms with Crippen LogP contribution in [0.1, 0.15) is 48.5 Å². The van der Waals surface area contributed by atoms with Crippen LogP contribution in [0.5, 0.6) is 0 Å². The minimum atomic E-state index is 0. The predicted molar refractivity (Wildman–Crippen MR) is 81.8 cm³/mol. The molecule has 0 aromatic heterocycles. The van der Waals surface area contributed by atoms with E-state index in [1.165, 1.54) is 12.8 Å². The first-order valence-corrected chi connectivity index (χ1v) is 6.80. The lowest BCUT2D eigenvalue weighted by atomic mass is 10.1. The molecule has 0 bridgehead atoms.